The van der Waals surface area contributed by atoms with Crippen LogP contribution in [-0.4, -0.2) is 18.6 Å². The van der Waals surface area contributed by atoms with Gasteiger partial charge in [-0.1, -0.05) is 66.7 Å². The quantitative estimate of drug-likeness (QED) is 0.659. The molecule has 2 heterocycles. The summed E-state index contributed by atoms with van der Waals surface area (Å²) in [6.45, 7) is 2.02. The fourth-order valence-electron chi connectivity index (χ4n) is 3.97. The predicted molar refractivity (Wildman–Crippen MR) is 111 cm³/mol. The zero-order valence-electron chi connectivity index (χ0n) is 15.0. The van der Waals surface area contributed by atoms with Gasteiger partial charge >= 0.3 is 0 Å². The molecule has 1 aromatic heterocycles. The first-order valence-electron chi connectivity index (χ1n) is 9.49. The summed E-state index contributed by atoms with van der Waals surface area (Å²) in [5.74, 6) is 0.413. The average molecular weight is 363 g/mol. The molecule has 2 nitrogen and oxygen atoms in total. The smallest absolute Gasteiger partial charge is 0.0302 e. The first-order chi connectivity index (χ1) is 12.9. The summed E-state index contributed by atoms with van der Waals surface area (Å²) in [6.07, 6.45) is 2.41. The fraction of sp³-hybridized carbons (Fsp3) is 0.304. The minimum absolute atomic E-state index is 0.413. The van der Waals surface area contributed by atoms with Crippen LogP contribution in [0, 0.1) is 0 Å². The van der Waals surface area contributed by atoms with Gasteiger partial charge in [0.2, 0.25) is 0 Å². The lowest BCUT2D eigenvalue weighted by Gasteiger charge is -2.36. The van der Waals surface area contributed by atoms with Gasteiger partial charge in [0.05, 0.1) is 0 Å². The summed E-state index contributed by atoms with van der Waals surface area (Å²) >= 11 is 1.83. The summed E-state index contributed by atoms with van der Waals surface area (Å²) in [5, 5.41) is 9.70. The van der Waals surface area contributed by atoms with Crippen molar-refractivity contribution < 1.29 is 0 Å². The van der Waals surface area contributed by atoms with Crippen LogP contribution in [0.2, 0.25) is 0 Å². The van der Waals surface area contributed by atoms with Crippen molar-refractivity contribution >= 4 is 11.3 Å². The number of hydrogen-bond donors (Lipinski definition) is 2. The highest BCUT2D eigenvalue weighted by Gasteiger charge is 2.29. The van der Waals surface area contributed by atoms with Gasteiger partial charge in [-0.15, -0.1) is 11.3 Å². The van der Waals surface area contributed by atoms with Crippen LogP contribution in [0.5, 0.6) is 0 Å². The van der Waals surface area contributed by atoms with Crippen LogP contribution in [0.15, 0.2) is 78.2 Å². The molecule has 0 bridgehead atoms. The Kier molecular flexibility index (Phi) is 5.80. The lowest BCUT2D eigenvalue weighted by Crippen LogP contribution is -2.49. The molecule has 3 heteroatoms. The standard InChI is InChI=1S/C23H26N2S/c1-3-8-18(9-4-1)23(19-10-5-2-6-11-19)22-14-13-20(16-25-22)24-17-21-12-7-15-26-21/h1-12,15,20,22-25H,13-14,16-17H2/t20-,22-/m1/s1. The van der Waals surface area contributed by atoms with E-state index in [1.54, 1.807) is 0 Å². The van der Waals surface area contributed by atoms with E-state index in [2.05, 4.69) is 88.8 Å². The monoisotopic (exact) mass is 362 g/mol. The molecule has 0 spiro atoms. The molecular formula is C23H26N2S. The van der Waals surface area contributed by atoms with Crippen LogP contribution < -0.4 is 10.6 Å². The maximum absolute atomic E-state index is 3.84. The molecule has 0 aliphatic carbocycles. The molecule has 0 saturated carbocycles. The molecule has 1 aliphatic rings. The third-order valence-electron chi connectivity index (χ3n) is 5.32. The summed E-state index contributed by atoms with van der Waals surface area (Å²) in [5.41, 5.74) is 2.81. The van der Waals surface area contributed by atoms with Gasteiger partial charge in [-0.25, -0.2) is 0 Å². The van der Waals surface area contributed by atoms with Crippen molar-refractivity contribution in [2.24, 2.45) is 0 Å². The Morgan fingerprint density at radius 1 is 0.885 bits per heavy atom. The molecule has 3 aromatic rings. The Hall–Kier alpha value is -1.94. The van der Waals surface area contributed by atoms with Crippen molar-refractivity contribution in [3.63, 3.8) is 0 Å². The van der Waals surface area contributed by atoms with Crippen molar-refractivity contribution in [3.8, 4) is 0 Å². The van der Waals surface area contributed by atoms with E-state index in [4.69, 9.17) is 0 Å². The third kappa shape index (κ3) is 4.24. The Morgan fingerprint density at radius 2 is 1.58 bits per heavy atom. The molecule has 2 atom stereocenters. The van der Waals surface area contributed by atoms with Gasteiger partial charge in [0.25, 0.3) is 0 Å². The molecule has 4 rings (SSSR count). The number of piperidine rings is 1. The van der Waals surface area contributed by atoms with Gasteiger partial charge in [0, 0.05) is 36.0 Å². The molecule has 0 unspecified atom stereocenters. The van der Waals surface area contributed by atoms with Crippen LogP contribution in [0.3, 0.4) is 0 Å². The highest BCUT2D eigenvalue weighted by molar-refractivity contribution is 7.09. The second-order valence-corrected chi connectivity index (χ2v) is 8.08. The van der Waals surface area contributed by atoms with Crippen LogP contribution in [-0.2, 0) is 6.54 Å². The Balaban J connectivity index is 1.43. The summed E-state index contributed by atoms with van der Waals surface area (Å²) in [7, 11) is 0. The SMILES string of the molecule is c1ccc(C(c2ccccc2)[C@H]2CC[C@@H](NCc3cccs3)CN2)cc1. The predicted octanol–water partition coefficient (Wildman–Crippen LogP) is 4.79. The van der Waals surface area contributed by atoms with Crippen molar-refractivity contribution in [1.29, 1.82) is 0 Å². The van der Waals surface area contributed by atoms with Crippen LogP contribution >= 0.6 is 11.3 Å². The molecule has 1 fully saturated rings. The normalized spacial score (nSPS) is 20.3. The molecule has 2 N–H and O–H groups in total. The van der Waals surface area contributed by atoms with Crippen LogP contribution in [0.4, 0.5) is 0 Å². The Labute approximate surface area is 160 Å². The second-order valence-electron chi connectivity index (χ2n) is 7.05. The van der Waals surface area contributed by atoms with E-state index in [0.717, 1.165) is 13.1 Å². The molecule has 1 saturated heterocycles. The molecule has 26 heavy (non-hydrogen) atoms. The number of hydrogen-bond acceptors (Lipinski definition) is 3. The van der Waals surface area contributed by atoms with Crippen molar-refractivity contribution in [3.05, 3.63) is 94.2 Å². The molecular weight excluding hydrogens is 336 g/mol. The summed E-state index contributed by atoms with van der Waals surface area (Å²) in [6, 6.07) is 27.2. The Bertz CT molecular complexity index is 723. The Morgan fingerprint density at radius 3 is 2.12 bits per heavy atom. The van der Waals surface area contributed by atoms with Crippen LogP contribution in [0.25, 0.3) is 0 Å². The van der Waals surface area contributed by atoms with E-state index in [1.807, 2.05) is 11.3 Å². The number of nitrogens with one attached hydrogen (secondary N) is 2. The molecule has 2 aromatic carbocycles. The van der Waals surface area contributed by atoms with E-state index in [0.29, 0.717) is 18.0 Å². The van der Waals surface area contributed by atoms with E-state index in [1.165, 1.54) is 28.8 Å². The second kappa shape index (κ2) is 8.63. The fourth-order valence-corrected chi connectivity index (χ4v) is 4.63. The maximum Gasteiger partial charge on any atom is 0.0302 e. The van der Waals surface area contributed by atoms with Crippen LogP contribution in [0.1, 0.15) is 34.8 Å². The molecule has 134 valence electrons. The highest BCUT2D eigenvalue weighted by Crippen LogP contribution is 2.31. The molecule has 1 aliphatic heterocycles. The largest absolute Gasteiger partial charge is 0.311 e. The van der Waals surface area contributed by atoms with E-state index in [-0.39, 0.29) is 0 Å². The van der Waals surface area contributed by atoms with E-state index < -0.39 is 0 Å². The molecule has 0 amide bonds. The highest BCUT2D eigenvalue weighted by atomic mass is 32.1. The van der Waals surface area contributed by atoms with E-state index in [9.17, 15) is 0 Å². The molecule has 0 radical (unpaired) electrons. The van der Waals surface area contributed by atoms with Crippen molar-refractivity contribution in [2.75, 3.05) is 6.54 Å². The zero-order chi connectivity index (χ0) is 17.6. The number of benzene rings is 2. The maximum atomic E-state index is 3.84. The minimum Gasteiger partial charge on any atom is -0.311 e. The van der Waals surface area contributed by atoms with Gasteiger partial charge in [-0.3, -0.25) is 0 Å². The minimum atomic E-state index is 0.413. The van der Waals surface area contributed by atoms with Gasteiger partial charge in [-0.05, 0) is 35.4 Å². The zero-order valence-corrected chi connectivity index (χ0v) is 15.8. The van der Waals surface area contributed by atoms with E-state index >= 15 is 0 Å². The van der Waals surface area contributed by atoms with Gasteiger partial charge in [-0.2, -0.15) is 0 Å². The summed E-state index contributed by atoms with van der Waals surface area (Å²) in [4.78, 5) is 1.42. The number of thiophene rings is 1. The van der Waals surface area contributed by atoms with Crippen molar-refractivity contribution in [2.45, 2.75) is 37.4 Å². The first-order valence-corrected chi connectivity index (χ1v) is 10.4. The topological polar surface area (TPSA) is 24.1 Å². The first kappa shape index (κ1) is 17.5. The van der Waals surface area contributed by atoms with Crippen molar-refractivity contribution in [1.82, 2.24) is 10.6 Å². The third-order valence-corrected chi connectivity index (χ3v) is 6.19. The van der Waals surface area contributed by atoms with Gasteiger partial charge in [0.15, 0.2) is 0 Å². The summed E-state index contributed by atoms with van der Waals surface area (Å²) < 4.78 is 0. The average Bonchev–Trinajstić information content (AvgIpc) is 3.23. The van der Waals surface area contributed by atoms with Gasteiger partial charge in [0.1, 0.15) is 0 Å². The number of rotatable bonds is 6. The lowest BCUT2D eigenvalue weighted by atomic mass is 9.81. The lowest BCUT2D eigenvalue weighted by molar-refractivity contribution is 0.308. The van der Waals surface area contributed by atoms with Gasteiger partial charge < -0.3 is 10.6 Å².